The number of rotatable bonds is 3. The number of nitrogens with zero attached hydrogens (tertiary/aromatic N) is 1. The Morgan fingerprint density at radius 3 is 2.26 bits per heavy atom. The monoisotopic (exact) mass is 465 g/mol. The Balaban J connectivity index is 0.000000210. The van der Waals surface area contributed by atoms with Crippen LogP contribution in [0, 0.1) is 12.8 Å². The van der Waals surface area contributed by atoms with E-state index in [1.54, 1.807) is 12.1 Å². The average Bonchev–Trinajstić information content (AvgIpc) is 2.96. The molecule has 2 aliphatic heterocycles. The van der Waals surface area contributed by atoms with Crippen LogP contribution in [0.25, 0.3) is 0 Å². The lowest BCUT2D eigenvalue weighted by Gasteiger charge is -2.41. The molecule has 168 valence electrons. The summed E-state index contributed by atoms with van der Waals surface area (Å²) in [7, 11) is -0.396. The Labute approximate surface area is 188 Å². The molecule has 2 saturated heterocycles. The summed E-state index contributed by atoms with van der Waals surface area (Å²) in [6.45, 7) is 1.84. The van der Waals surface area contributed by atoms with Gasteiger partial charge in [0.15, 0.2) is 0 Å². The molecule has 2 aromatic carbocycles. The normalized spacial score (nSPS) is 25.5. The molecule has 8 heteroatoms. The third-order valence-electron chi connectivity index (χ3n) is 6.36. The summed E-state index contributed by atoms with van der Waals surface area (Å²) >= 11 is 5.97. The minimum absolute atomic E-state index is 0.0649. The van der Waals surface area contributed by atoms with Crippen molar-refractivity contribution in [1.82, 2.24) is 4.90 Å². The van der Waals surface area contributed by atoms with Gasteiger partial charge in [-0.1, -0.05) is 41.4 Å². The number of hydrogen-bond donors (Lipinski definition) is 1. The molecule has 0 amide bonds. The van der Waals surface area contributed by atoms with Crippen LogP contribution in [0.15, 0.2) is 53.4 Å². The Morgan fingerprint density at radius 2 is 1.71 bits per heavy atom. The Bertz CT molecular complexity index is 1010. The van der Waals surface area contributed by atoms with E-state index in [2.05, 4.69) is 11.9 Å². The van der Waals surface area contributed by atoms with E-state index in [1.165, 1.54) is 31.2 Å². The van der Waals surface area contributed by atoms with E-state index in [0.29, 0.717) is 12.1 Å². The first-order chi connectivity index (χ1) is 14.6. The molecule has 4 atom stereocenters. The summed E-state index contributed by atoms with van der Waals surface area (Å²) < 4.78 is 34.6. The number of carbonyl (C=O) groups excluding carboxylic acids is 1. The number of fused-ring (bicyclic) bond motifs is 2. The molecular formula is C23H28ClNO5S. The number of aryl methyl sites for hydroxylation is 1. The van der Waals surface area contributed by atoms with Gasteiger partial charge in [-0.15, -0.1) is 0 Å². The predicted octanol–water partition coefficient (Wildman–Crippen LogP) is 4.32. The molecule has 0 saturated carbocycles. The smallest absolute Gasteiger partial charge is 0.310 e. The summed E-state index contributed by atoms with van der Waals surface area (Å²) in [6.07, 6.45) is 3.29. The van der Waals surface area contributed by atoms with Gasteiger partial charge < -0.3 is 4.74 Å². The van der Waals surface area contributed by atoms with Crippen molar-refractivity contribution < 1.29 is 22.5 Å². The van der Waals surface area contributed by atoms with Crippen LogP contribution in [0.3, 0.4) is 0 Å². The van der Waals surface area contributed by atoms with Crippen LogP contribution in [-0.2, 0) is 19.6 Å². The van der Waals surface area contributed by atoms with Gasteiger partial charge in [0.05, 0.1) is 17.9 Å². The molecule has 31 heavy (non-hydrogen) atoms. The van der Waals surface area contributed by atoms with E-state index in [-0.39, 0.29) is 22.7 Å². The van der Waals surface area contributed by atoms with E-state index in [1.807, 2.05) is 31.2 Å². The molecule has 1 N–H and O–H groups in total. The fourth-order valence-corrected chi connectivity index (χ4v) is 5.29. The number of benzene rings is 2. The first kappa shape index (κ1) is 23.7. The molecule has 4 rings (SSSR count). The van der Waals surface area contributed by atoms with Gasteiger partial charge in [-0.25, -0.2) is 0 Å². The lowest BCUT2D eigenvalue weighted by Crippen LogP contribution is -2.49. The molecule has 2 aromatic rings. The van der Waals surface area contributed by atoms with E-state index in [0.717, 1.165) is 23.4 Å². The van der Waals surface area contributed by atoms with Crippen molar-refractivity contribution in [3.63, 3.8) is 0 Å². The van der Waals surface area contributed by atoms with Gasteiger partial charge in [-0.2, -0.15) is 8.42 Å². The first-order valence-electron chi connectivity index (χ1n) is 10.2. The highest BCUT2D eigenvalue weighted by Gasteiger charge is 2.49. The number of esters is 1. The Kier molecular flexibility index (Phi) is 7.42. The SMILES string of the molecule is COC(=O)[C@@H]1[C@H]2CC[C@@H](C[C@H]1c1ccc(Cl)cc1)N2C.Cc1ccc(S(=O)(=O)O)cc1. The molecule has 0 aliphatic carbocycles. The van der Waals surface area contributed by atoms with Gasteiger partial charge in [-0.05, 0) is 63.1 Å². The zero-order chi connectivity index (χ0) is 22.8. The highest BCUT2D eigenvalue weighted by atomic mass is 35.5. The van der Waals surface area contributed by atoms with Crippen LogP contribution in [0.4, 0.5) is 0 Å². The standard InChI is InChI=1S/C16H20ClNO2.C7H8O3S/c1-18-12-7-8-14(18)15(16(19)20-2)13(9-12)10-3-5-11(17)6-4-10;1-6-2-4-7(5-3-6)11(8,9)10/h3-6,12-15H,7-9H2,1-2H3;2-5H,1H3,(H,8,9,10)/t12-,13-,14+,15-;/m0./s1. The van der Waals surface area contributed by atoms with Crippen LogP contribution in [-0.4, -0.2) is 50.1 Å². The summed E-state index contributed by atoms with van der Waals surface area (Å²) in [5.74, 6) is 0.0977. The number of halogens is 1. The Morgan fingerprint density at radius 1 is 1.10 bits per heavy atom. The second-order valence-corrected chi connectivity index (χ2v) is 10.1. The number of piperidine rings is 1. The quantitative estimate of drug-likeness (QED) is 0.536. The van der Waals surface area contributed by atoms with E-state index in [9.17, 15) is 13.2 Å². The number of ether oxygens (including phenoxy) is 1. The summed E-state index contributed by atoms with van der Waals surface area (Å²) in [5.41, 5.74) is 2.16. The van der Waals surface area contributed by atoms with Crippen LogP contribution in [0.5, 0.6) is 0 Å². The fourth-order valence-electron chi connectivity index (χ4n) is 4.69. The van der Waals surface area contributed by atoms with Gasteiger partial charge in [0, 0.05) is 23.0 Å². The fraction of sp³-hybridized carbons (Fsp3) is 0.435. The Hall–Kier alpha value is -1.93. The first-order valence-corrected chi connectivity index (χ1v) is 12.0. The lowest BCUT2D eigenvalue weighted by atomic mass is 9.76. The van der Waals surface area contributed by atoms with Crippen molar-refractivity contribution in [2.45, 2.75) is 49.1 Å². The van der Waals surface area contributed by atoms with Gasteiger partial charge in [0.1, 0.15) is 0 Å². The van der Waals surface area contributed by atoms with Gasteiger partial charge >= 0.3 is 5.97 Å². The summed E-state index contributed by atoms with van der Waals surface area (Å²) in [5, 5.41) is 0.735. The zero-order valence-electron chi connectivity index (χ0n) is 17.9. The molecule has 2 aliphatic rings. The molecule has 6 nitrogen and oxygen atoms in total. The van der Waals surface area contributed by atoms with Crippen LogP contribution in [0.1, 0.15) is 36.3 Å². The minimum Gasteiger partial charge on any atom is -0.469 e. The minimum atomic E-state index is -4.02. The summed E-state index contributed by atoms with van der Waals surface area (Å²) in [4.78, 5) is 14.6. The number of methoxy groups -OCH3 is 1. The molecule has 0 unspecified atom stereocenters. The maximum Gasteiger partial charge on any atom is 0.310 e. The van der Waals surface area contributed by atoms with Crippen molar-refractivity contribution in [3.05, 3.63) is 64.7 Å². The van der Waals surface area contributed by atoms with E-state index in [4.69, 9.17) is 20.9 Å². The maximum atomic E-state index is 12.3. The second-order valence-electron chi connectivity index (χ2n) is 8.19. The second kappa shape index (κ2) is 9.69. The maximum absolute atomic E-state index is 12.3. The molecule has 2 bridgehead atoms. The van der Waals surface area contributed by atoms with Crippen molar-refractivity contribution in [1.29, 1.82) is 0 Å². The van der Waals surface area contributed by atoms with Crippen LogP contribution >= 0.6 is 11.6 Å². The molecular weight excluding hydrogens is 438 g/mol. The molecule has 0 spiro atoms. The van der Waals surface area contributed by atoms with Crippen LogP contribution < -0.4 is 0 Å². The third-order valence-corrected chi connectivity index (χ3v) is 7.48. The van der Waals surface area contributed by atoms with Crippen molar-refractivity contribution in [2.75, 3.05) is 14.2 Å². The van der Waals surface area contributed by atoms with Gasteiger partial charge in [0.25, 0.3) is 10.1 Å². The van der Waals surface area contributed by atoms with Crippen molar-refractivity contribution in [3.8, 4) is 0 Å². The predicted molar refractivity (Wildman–Crippen MR) is 120 cm³/mol. The largest absolute Gasteiger partial charge is 0.469 e. The lowest BCUT2D eigenvalue weighted by molar-refractivity contribution is -0.150. The molecule has 0 radical (unpaired) electrons. The molecule has 2 heterocycles. The van der Waals surface area contributed by atoms with E-state index >= 15 is 0 Å². The zero-order valence-corrected chi connectivity index (χ0v) is 19.4. The van der Waals surface area contributed by atoms with Gasteiger partial charge in [-0.3, -0.25) is 14.2 Å². The number of carbonyl (C=O) groups is 1. The molecule has 0 aromatic heterocycles. The van der Waals surface area contributed by atoms with Crippen molar-refractivity contribution >= 4 is 27.7 Å². The van der Waals surface area contributed by atoms with Crippen molar-refractivity contribution in [2.24, 2.45) is 5.92 Å². The van der Waals surface area contributed by atoms with Crippen LogP contribution in [0.2, 0.25) is 5.02 Å². The highest BCUT2D eigenvalue weighted by Crippen LogP contribution is 2.46. The molecule has 2 fully saturated rings. The number of hydrogen-bond acceptors (Lipinski definition) is 5. The van der Waals surface area contributed by atoms with Gasteiger partial charge in [0.2, 0.25) is 0 Å². The topological polar surface area (TPSA) is 83.9 Å². The summed E-state index contributed by atoms with van der Waals surface area (Å²) in [6, 6.07) is 14.8. The third kappa shape index (κ3) is 5.47. The van der Waals surface area contributed by atoms with E-state index < -0.39 is 10.1 Å². The highest BCUT2D eigenvalue weighted by molar-refractivity contribution is 7.85. The average molecular weight is 466 g/mol.